The first-order chi connectivity index (χ1) is 10.1. The van der Waals surface area contributed by atoms with Crippen LogP contribution in [0.15, 0.2) is 18.2 Å². The first-order valence-corrected chi connectivity index (χ1v) is 7.99. The van der Waals surface area contributed by atoms with Gasteiger partial charge in [-0.3, -0.25) is 4.79 Å². The Morgan fingerprint density at radius 3 is 2.95 bits per heavy atom. The van der Waals surface area contributed by atoms with E-state index in [1.54, 1.807) is 18.2 Å². The molecule has 0 aromatic heterocycles. The van der Waals surface area contributed by atoms with Gasteiger partial charge in [0.1, 0.15) is 0 Å². The molecule has 2 aliphatic heterocycles. The Bertz CT molecular complexity index is 548. The highest BCUT2D eigenvalue weighted by molar-refractivity contribution is 6.36. The summed E-state index contributed by atoms with van der Waals surface area (Å²) in [6.45, 7) is 2.81. The van der Waals surface area contributed by atoms with Crippen molar-refractivity contribution in [2.75, 3.05) is 32.4 Å². The van der Waals surface area contributed by atoms with Crippen LogP contribution in [0.3, 0.4) is 0 Å². The molecular weight excluding hydrogens is 286 g/mol. The minimum atomic E-state index is 0.0129. The second-order valence-corrected chi connectivity index (χ2v) is 6.58. The summed E-state index contributed by atoms with van der Waals surface area (Å²) < 4.78 is 0. The normalized spacial score (nSPS) is 26.5. The minimum absolute atomic E-state index is 0.0129. The van der Waals surface area contributed by atoms with Crippen LogP contribution < -0.4 is 5.73 Å². The van der Waals surface area contributed by atoms with Crippen LogP contribution in [0.1, 0.15) is 29.6 Å². The Morgan fingerprint density at radius 2 is 2.14 bits per heavy atom. The van der Waals surface area contributed by atoms with Gasteiger partial charge in [-0.05, 0) is 50.9 Å². The molecule has 2 heterocycles. The number of nitrogens with zero attached hydrogens (tertiary/aromatic N) is 2. The standard InChI is InChI=1S/C16H22ClN3O/c1-19-8-3-4-11-10-20(9-7-14(11)19)16(21)12-5-2-6-13(18)15(12)17/h2,5-6,11,14H,3-4,7-10,18H2,1H3. The van der Waals surface area contributed by atoms with E-state index in [2.05, 4.69) is 11.9 Å². The van der Waals surface area contributed by atoms with Crippen LogP contribution in [0.2, 0.25) is 5.02 Å². The number of hydrogen-bond acceptors (Lipinski definition) is 3. The molecule has 2 aliphatic rings. The monoisotopic (exact) mass is 307 g/mol. The molecule has 1 aromatic carbocycles. The SMILES string of the molecule is CN1CCCC2CN(C(=O)c3cccc(N)c3Cl)CCC21. The highest BCUT2D eigenvalue weighted by atomic mass is 35.5. The Labute approximate surface area is 130 Å². The third-order valence-electron chi connectivity index (χ3n) is 4.89. The Balaban J connectivity index is 1.76. The fourth-order valence-corrected chi connectivity index (χ4v) is 3.93. The van der Waals surface area contributed by atoms with Crippen molar-refractivity contribution >= 4 is 23.2 Å². The van der Waals surface area contributed by atoms with E-state index < -0.39 is 0 Å². The van der Waals surface area contributed by atoms with Crippen molar-refractivity contribution in [3.05, 3.63) is 28.8 Å². The summed E-state index contributed by atoms with van der Waals surface area (Å²) in [6, 6.07) is 5.90. The zero-order valence-electron chi connectivity index (χ0n) is 12.4. The van der Waals surface area contributed by atoms with E-state index in [1.807, 2.05) is 4.90 Å². The Morgan fingerprint density at radius 1 is 1.33 bits per heavy atom. The molecule has 3 rings (SSSR count). The number of amides is 1. The van der Waals surface area contributed by atoms with Crippen molar-refractivity contribution in [1.29, 1.82) is 0 Å². The van der Waals surface area contributed by atoms with Crippen LogP contribution in [-0.4, -0.2) is 48.4 Å². The van der Waals surface area contributed by atoms with Crippen molar-refractivity contribution < 1.29 is 4.79 Å². The number of likely N-dealkylation sites (tertiary alicyclic amines) is 2. The molecule has 0 aliphatic carbocycles. The molecule has 2 unspecified atom stereocenters. The lowest BCUT2D eigenvalue weighted by Crippen LogP contribution is -2.53. The fraction of sp³-hybridized carbons (Fsp3) is 0.562. The smallest absolute Gasteiger partial charge is 0.255 e. The van der Waals surface area contributed by atoms with Gasteiger partial charge in [-0.25, -0.2) is 0 Å². The molecule has 114 valence electrons. The number of nitrogen functional groups attached to an aromatic ring is 1. The van der Waals surface area contributed by atoms with Crippen molar-refractivity contribution in [2.24, 2.45) is 5.92 Å². The van der Waals surface area contributed by atoms with Gasteiger partial charge in [0.15, 0.2) is 0 Å². The predicted octanol–water partition coefficient (Wildman–Crippen LogP) is 2.48. The number of carbonyl (C=O) groups excluding carboxylic acids is 1. The van der Waals surface area contributed by atoms with Gasteiger partial charge in [0.25, 0.3) is 5.91 Å². The van der Waals surface area contributed by atoms with Gasteiger partial charge in [-0.1, -0.05) is 17.7 Å². The number of anilines is 1. The summed E-state index contributed by atoms with van der Waals surface area (Å²) in [7, 11) is 2.20. The molecule has 2 N–H and O–H groups in total. The quantitative estimate of drug-likeness (QED) is 0.811. The Hall–Kier alpha value is -1.26. The van der Waals surface area contributed by atoms with Crippen LogP contribution in [0, 0.1) is 5.92 Å². The van der Waals surface area contributed by atoms with Crippen molar-refractivity contribution in [2.45, 2.75) is 25.3 Å². The molecule has 2 saturated heterocycles. The highest BCUT2D eigenvalue weighted by Crippen LogP contribution is 2.31. The van der Waals surface area contributed by atoms with Crippen LogP contribution in [0.4, 0.5) is 5.69 Å². The number of fused-ring (bicyclic) bond motifs is 1. The fourth-order valence-electron chi connectivity index (χ4n) is 3.72. The van der Waals surface area contributed by atoms with Crippen molar-refractivity contribution in [3.8, 4) is 0 Å². The second-order valence-electron chi connectivity index (χ2n) is 6.20. The lowest BCUT2D eigenvalue weighted by atomic mass is 9.84. The summed E-state index contributed by atoms with van der Waals surface area (Å²) in [5.74, 6) is 0.597. The van der Waals surface area contributed by atoms with Crippen molar-refractivity contribution in [3.63, 3.8) is 0 Å². The van der Waals surface area contributed by atoms with Crippen LogP contribution in [0.25, 0.3) is 0 Å². The molecule has 0 saturated carbocycles. The van der Waals surface area contributed by atoms with Gasteiger partial charge in [0, 0.05) is 19.1 Å². The van der Waals surface area contributed by atoms with E-state index >= 15 is 0 Å². The number of nitrogens with two attached hydrogens (primary N) is 1. The lowest BCUT2D eigenvalue weighted by Gasteiger charge is -2.46. The molecule has 5 heteroatoms. The second kappa shape index (κ2) is 5.85. The molecule has 21 heavy (non-hydrogen) atoms. The topological polar surface area (TPSA) is 49.6 Å². The van der Waals surface area contributed by atoms with E-state index in [9.17, 15) is 4.79 Å². The minimum Gasteiger partial charge on any atom is -0.398 e. The van der Waals surface area contributed by atoms with Gasteiger partial charge < -0.3 is 15.5 Å². The number of rotatable bonds is 1. The average Bonchev–Trinajstić information content (AvgIpc) is 2.49. The maximum Gasteiger partial charge on any atom is 0.255 e. The van der Waals surface area contributed by atoms with E-state index in [-0.39, 0.29) is 5.91 Å². The zero-order chi connectivity index (χ0) is 15.0. The number of halogens is 1. The highest BCUT2D eigenvalue weighted by Gasteiger charge is 2.36. The first kappa shape index (κ1) is 14.7. The number of piperidine rings is 2. The van der Waals surface area contributed by atoms with Gasteiger partial charge in [-0.15, -0.1) is 0 Å². The van der Waals surface area contributed by atoms with Crippen LogP contribution in [-0.2, 0) is 0 Å². The van der Waals surface area contributed by atoms with E-state index in [4.69, 9.17) is 17.3 Å². The molecule has 1 aromatic rings. The summed E-state index contributed by atoms with van der Waals surface area (Å²) in [5, 5.41) is 0.380. The number of benzene rings is 1. The maximum absolute atomic E-state index is 12.7. The van der Waals surface area contributed by atoms with Gasteiger partial charge >= 0.3 is 0 Å². The zero-order valence-corrected chi connectivity index (χ0v) is 13.1. The van der Waals surface area contributed by atoms with E-state index in [0.717, 1.165) is 19.5 Å². The number of carbonyl (C=O) groups is 1. The third kappa shape index (κ3) is 2.74. The number of hydrogen-bond donors (Lipinski definition) is 1. The van der Waals surface area contributed by atoms with Gasteiger partial charge in [0.2, 0.25) is 0 Å². The maximum atomic E-state index is 12.7. The third-order valence-corrected chi connectivity index (χ3v) is 5.31. The van der Waals surface area contributed by atoms with Crippen molar-refractivity contribution in [1.82, 2.24) is 9.80 Å². The molecule has 0 radical (unpaired) electrons. The van der Waals surface area contributed by atoms with Gasteiger partial charge in [0.05, 0.1) is 16.3 Å². The summed E-state index contributed by atoms with van der Waals surface area (Å²) in [6.07, 6.45) is 3.48. The van der Waals surface area contributed by atoms with Crippen LogP contribution >= 0.6 is 11.6 Å². The molecule has 2 atom stereocenters. The molecule has 2 fully saturated rings. The van der Waals surface area contributed by atoms with E-state index in [0.29, 0.717) is 28.2 Å². The largest absolute Gasteiger partial charge is 0.398 e. The molecular formula is C16H22ClN3O. The molecule has 4 nitrogen and oxygen atoms in total. The molecule has 1 amide bonds. The predicted molar refractivity (Wildman–Crippen MR) is 85.5 cm³/mol. The lowest BCUT2D eigenvalue weighted by molar-refractivity contribution is 0.0317. The summed E-state index contributed by atoms with van der Waals surface area (Å²) in [4.78, 5) is 17.1. The summed E-state index contributed by atoms with van der Waals surface area (Å²) in [5.41, 5.74) is 6.80. The summed E-state index contributed by atoms with van der Waals surface area (Å²) >= 11 is 6.19. The molecule has 0 bridgehead atoms. The molecule has 0 spiro atoms. The average molecular weight is 308 g/mol. The van der Waals surface area contributed by atoms with Gasteiger partial charge in [-0.2, -0.15) is 0 Å². The van der Waals surface area contributed by atoms with Crippen LogP contribution in [0.5, 0.6) is 0 Å². The Kier molecular flexibility index (Phi) is 4.09. The van der Waals surface area contributed by atoms with E-state index in [1.165, 1.54) is 19.4 Å². The first-order valence-electron chi connectivity index (χ1n) is 7.61.